The molecule has 0 radical (unpaired) electrons. The van der Waals surface area contributed by atoms with Crippen molar-refractivity contribution in [3.63, 3.8) is 0 Å². The molecule has 1 aromatic carbocycles. The average molecular weight is 313 g/mol. The molecule has 108 valence electrons. The van der Waals surface area contributed by atoms with E-state index >= 15 is 0 Å². The Labute approximate surface area is 128 Å². The summed E-state index contributed by atoms with van der Waals surface area (Å²) in [7, 11) is 0. The highest BCUT2D eigenvalue weighted by molar-refractivity contribution is 6.39. The molecule has 0 aromatic heterocycles. The molecule has 3 N–H and O–H groups in total. The number of fused-ring (bicyclic) bond motifs is 2. The number of carbonyl (C=O) groups excluding carboxylic acids is 1. The van der Waals surface area contributed by atoms with Crippen LogP contribution >= 0.6 is 23.2 Å². The Morgan fingerprint density at radius 2 is 1.95 bits per heavy atom. The van der Waals surface area contributed by atoms with Crippen LogP contribution in [0.5, 0.6) is 0 Å². The molecule has 0 heterocycles. The van der Waals surface area contributed by atoms with Crippen LogP contribution in [0.2, 0.25) is 10.0 Å². The first kappa shape index (κ1) is 14.0. The van der Waals surface area contributed by atoms with E-state index in [4.69, 9.17) is 28.9 Å². The van der Waals surface area contributed by atoms with Crippen LogP contribution in [0.1, 0.15) is 36.0 Å². The summed E-state index contributed by atoms with van der Waals surface area (Å²) in [6.07, 6.45) is 5.30. The maximum absolute atomic E-state index is 12.2. The zero-order valence-corrected chi connectivity index (χ0v) is 12.7. The van der Waals surface area contributed by atoms with Gasteiger partial charge in [0, 0.05) is 12.1 Å². The lowest BCUT2D eigenvalue weighted by Crippen LogP contribution is -2.31. The predicted molar refractivity (Wildman–Crippen MR) is 82.1 cm³/mol. The van der Waals surface area contributed by atoms with E-state index in [1.54, 1.807) is 12.1 Å². The maximum Gasteiger partial charge on any atom is 0.251 e. The number of nitrogens with two attached hydrogens (primary N) is 1. The topological polar surface area (TPSA) is 55.1 Å². The minimum atomic E-state index is -0.128. The first-order chi connectivity index (χ1) is 9.54. The Morgan fingerprint density at radius 3 is 2.50 bits per heavy atom. The van der Waals surface area contributed by atoms with Crippen LogP contribution in [0.4, 0.5) is 5.69 Å². The monoisotopic (exact) mass is 312 g/mol. The van der Waals surface area contributed by atoms with E-state index in [9.17, 15) is 4.79 Å². The number of nitrogen functional groups attached to an aromatic ring is 1. The van der Waals surface area contributed by atoms with Crippen molar-refractivity contribution in [1.82, 2.24) is 5.32 Å². The first-order valence-corrected chi connectivity index (χ1v) is 7.83. The zero-order valence-electron chi connectivity index (χ0n) is 11.2. The Morgan fingerprint density at radius 1 is 1.25 bits per heavy atom. The van der Waals surface area contributed by atoms with Crippen molar-refractivity contribution in [3.05, 3.63) is 27.7 Å². The largest absolute Gasteiger partial charge is 0.396 e. The van der Waals surface area contributed by atoms with Crippen LogP contribution in [0.3, 0.4) is 0 Å². The highest BCUT2D eigenvalue weighted by atomic mass is 35.5. The van der Waals surface area contributed by atoms with E-state index in [0.29, 0.717) is 27.2 Å². The van der Waals surface area contributed by atoms with Gasteiger partial charge in [-0.25, -0.2) is 0 Å². The summed E-state index contributed by atoms with van der Waals surface area (Å²) in [5.74, 6) is 2.20. The van der Waals surface area contributed by atoms with Crippen LogP contribution in [-0.4, -0.2) is 12.5 Å². The number of rotatable bonds is 3. The molecular weight excluding hydrogens is 295 g/mol. The van der Waals surface area contributed by atoms with Gasteiger partial charge in [0.15, 0.2) is 0 Å². The highest BCUT2D eigenvalue weighted by Gasteiger charge is 2.39. The molecule has 2 aliphatic carbocycles. The molecule has 20 heavy (non-hydrogen) atoms. The van der Waals surface area contributed by atoms with Crippen molar-refractivity contribution >= 4 is 34.8 Å². The second-order valence-electron chi connectivity index (χ2n) is 6.00. The van der Waals surface area contributed by atoms with Crippen molar-refractivity contribution < 1.29 is 4.79 Å². The molecule has 0 aliphatic heterocycles. The van der Waals surface area contributed by atoms with Gasteiger partial charge in [0.2, 0.25) is 0 Å². The fraction of sp³-hybridized carbons (Fsp3) is 0.533. The van der Waals surface area contributed by atoms with E-state index in [-0.39, 0.29) is 5.91 Å². The Bertz CT molecular complexity index is 524. The second kappa shape index (κ2) is 5.45. The number of halogens is 2. The third-order valence-electron chi connectivity index (χ3n) is 4.75. The molecule has 3 atom stereocenters. The smallest absolute Gasteiger partial charge is 0.251 e. The molecule has 3 nitrogen and oxygen atoms in total. The summed E-state index contributed by atoms with van der Waals surface area (Å²) < 4.78 is 0. The SMILES string of the molecule is Nc1c(Cl)cc(C(=O)NCC2CC3CCC2C3)cc1Cl. The molecule has 2 saturated carbocycles. The molecule has 2 fully saturated rings. The number of carbonyl (C=O) groups is 1. The summed E-state index contributed by atoms with van der Waals surface area (Å²) in [6, 6.07) is 3.14. The Balaban J connectivity index is 1.62. The van der Waals surface area contributed by atoms with Crippen molar-refractivity contribution in [3.8, 4) is 0 Å². The molecule has 2 bridgehead atoms. The summed E-state index contributed by atoms with van der Waals surface area (Å²) in [5, 5.41) is 3.65. The molecule has 3 rings (SSSR count). The Hall–Kier alpha value is -0.930. The van der Waals surface area contributed by atoms with Gasteiger partial charge in [-0.15, -0.1) is 0 Å². The van der Waals surface area contributed by atoms with Crippen LogP contribution in [0, 0.1) is 17.8 Å². The number of hydrogen-bond acceptors (Lipinski definition) is 2. The third-order valence-corrected chi connectivity index (χ3v) is 5.38. The van der Waals surface area contributed by atoms with Gasteiger partial charge in [-0.05, 0) is 49.1 Å². The number of hydrogen-bond donors (Lipinski definition) is 2. The van der Waals surface area contributed by atoms with E-state index in [1.165, 1.54) is 25.7 Å². The summed E-state index contributed by atoms with van der Waals surface area (Å²) in [6.45, 7) is 0.750. The minimum absolute atomic E-state index is 0.128. The molecule has 0 saturated heterocycles. The zero-order chi connectivity index (χ0) is 14.3. The molecule has 0 spiro atoms. The van der Waals surface area contributed by atoms with Crippen molar-refractivity contribution in [2.45, 2.75) is 25.7 Å². The quantitative estimate of drug-likeness (QED) is 0.835. The average Bonchev–Trinajstić information content (AvgIpc) is 3.04. The number of amides is 1. The Kier molecular flexibility index (Phi) is 3.83. The third kappa shape index (κ3) is 2.61. The molecule has 3 unspecified atom stereocenters. The fourth-order valence-corrected chi connectivity index (χ4v) is 4.15. The van der Waals surface area contributed by atoms with Gasteiger partial charge in [0.1, 0.15) is 0 Å². The molecule has 1 aromatic rings. The summed E-state index contributed by atoms with van der Waals surface area (Å²) >= 11 is 11.9. The lowest BCUT2D eigenvalue weighted by atomic mass is 9.89. The standard InChI is InChI=1S/C15H18Cl2N2O/c16-12-5-10(6-13(17)14(12)18)15(20)19-7-11-4-8-1-2-9(11)3-8/h5-6,8-9,11H,1-4,7,18H2,(H,19,20). The van der Waals surface area contributed by atoms with Gasteiger partial charge in [-0.3, -0.25) is 4.79 Å². The molecule has 1 amide bonds. The van der Waals surface area contributed by atoms with E-state index in [0.717, 1.165) is 18.4 Å². The second-order valence-corrected chi connectivity index (χ2v) is 6.81. The lowest BCUT2D eigenvalue weighted by Gasteiger charge is -2.21. The van der Waals surface area contributed by atoms with E-state index in [1.807, 2.05) is 0 Å². The van der Waals surface area contributed by atoms with Gasteiger partial charge >= 0.3 is 0 Å². The van der Waals surface area contributed by atoms with Gasteiger partial charge in [0.05, 0.1) is 15.7 Å². The normalized spacial score (nSPS) is 27.8. The summed E-state index contributed by atoms with van der Waals surface area (Å²) in [5.41, 5.74) is 6.46. The van der Waals surface area contributed by atoms with Crippen LogP contribution in [0.15, 0.2) is 12.1 Å². The molecule has 2 aliphatic rings. The summed E-state index contributed by atoms with van der Waals surface area (Å²) in [4.78, 5) is 12.2. The van der Waals surface area contributed by atoms with Gasteiger partial charge in [-0.2, -0.15) is 0 Å². The van der Waals surface area contributed by atoms with E-state index in [2.05, 4.69) is 5.32 Å². The van der Waals surface area contributed by atoms with Gasteiger partial charge < -0.3 is 11.1 Å². The van der Waals surface area contributed by atoms with Crippen LogP contribution < -0.4 is 11.1 Å². The first-order valence-electron chi connectivity index (χ1n) is 7.07. The lowest BCUT2D eigenvalue weighted by molar-refractivity contribution is 0.0942. The van der Waals surface area contributed by atoms with Crippen molar-refractivity contribution in [2.75, 3.05) is 12.3 Å². The van der Waals surface area contributed by atoms with Crippen LogP contribution in [0.25, 0.3) is 0 Å². The van der Waals surface area contributed by atoms with E-state index < -0.39 is 0 Å². The number of benzene rings is 1. The maximum atomic E-state index is 12.2. The number of anilines is 1. The fourth-order valence-electron chi connectivity index (χ4n) is 3.67. The van der Waals surface area contributed by atoms with Gasteiger partial charge in [-0.1, -0.05) is 29.6 Å². The van der Waals surface area contributed by atoms with Crippen molar-refractivity contribution in [1.29, 1.82) is 0 Å². The predicted octanol–water partition coefficient (Wildman–Crippen LogP) is 3.74. The molecule has 5 heteroatoms. The van der Waals surface area contributed by atoms with Gasteiger partial charge in [0.25, 0.3) is 5.91 Å². The number of nitrogens with one attached hydrogen (secondary N) is 1. The minimum Gasteiger partial charge on any atom is -0.396 e. The highest BCUT2D eigenvalue weighted by Crippen LogP contribution is 2.47. The van der Waals surface area contributed by atoms with Crippen LogP contribution in [-0.2, 0) is 0 Å². The van der Waals surface area contributed by atoms with Crippen molar-refractivity contribution in [2.24, 2.45) is 17.8 Å². The molecular formula is C15H18Cl2N2O.